The third-order valence-electron chi connectivity index (χ3n) is 3.09. The Kier molecular flexibility index (Phi) is 4.40. The molecule has 1 aliphatic rings. The van der Waals surface area contributed by atoms with Gasteiger partial charge in [0.1, 0.15) is 6.17 Å². The van der Waals surface area contributed by atoms with Gasteiger partial charge in [0, 0.05) is 15.7 Å². The van der Waals surface area contributed by atoms with Crippen molar-refractivity contribution in [1.82, 2.24) is 0 Å². The lowest BCUT2D eigenvalue weighted by Gasteiger charge is -2.25. The monoisotopic (exact) mass is 310 g/mol. The maximum Gasteiger partial charge on any atom is 0.119 e. The molecule has 1 aromatic carbocycles. The number of hydrogen-bond donors (Lipinski definition) is 2. The van der Waals surface area contributed by atoms with Crippen LogP contribution >= 0.6 is 15.9 Å². The zero-order valence-electron chi connectivity index (χ0n) is 10.8. The van der Waals surface area contributed by atoms with E-state index in [9.17, 15) is 5.11 Å². The Hall–Kier alpha value is -0.870. The molecule has 0 saturated heterocycles. The lowest BCUT2D eigenvalue weighted by molar-refractivity contribution is 0.356. The van der Waals surface area contributed by atoms with Gasteiger partial charge in [0.25, 0.3) is 0 Å². The Bertz CT molecular complexity index is 457. The molecule has 0 saturated carbocycles. The minimum atomic E-state index is -0.0106. The molecule has 0 fully saturated rings. The van der Waals surface area contributed by atoms with Crippen molar-refractivity contribution in [1.29, 1.82) is 0 Å². The number of nitrogens with zero attached hydrogens (tertiary/aromatic N) is 1. The number of aliphatic hydroxyl groups excluding tert-OH is 1. The van der Waals surface area contributed by atoms with Crippen LogP contribution < -0.4 is 5.32 Å². The second-order valence-electron chi connectivity index (χ2n) is 5.06. The van der Waals surface area contributed by atoms with Gasteiger partial charge in [-0.15, -0.1) is 0 Å². The molecule has 1 aromatic rings. The summed E-state index contributed by atoms with van der Waals surface area (Å²) in [6.45, 7) is 4.42. The lowest BCUT2D eigenvalue weighted by atomic mass is 10.0. The molecule has 0 aromatic heterocycles. The molecule has 1 heterocycles. The van der Waals surface area contributed by atoms with E-state index in [4.69, 9.17) is 0 Å². The van der Waals surface area contributed by atoms with E-state index in [1.54, 1.807) is 0 Å². The van der Waals surface area contributed by atoms with Crippen molar-refractivity contribution in [3.63, 3.8) is 0 Å². The molecule has 1 unspecified atom stereocenters. The summed E-state index contributed by atoms with van der Waals surface area (Å²) < 4.78 is 1.00. The molecule has 4 heteroatoms. The number of fused-ring (bicyclic) bond motifs is 1. The summed E-state index contributed by atoms with van der Waals surface area (Å²) >= 11 is 3.45. The summed E-state index contributed by atoms with van der Waals surface area (Å²) in [5.41, 5.74) is 2.83. The summed E-state index contributed by atoms with van der Waals surface area (Å²) in [5, 5.41) is 12.9. The number of anilines is 1. The van der Waals surface area contributed by atoms with E-state index in [2.05, 4.69) is 40.1 Å². The highest BCUT2D eigenvalue weighted by Gasteiger charge is 2.19. The average Bonchev–Trinajstić information content (AvgIpc) is 2.35. The lowest BCUT2D eigenvalue weighted by Crippen LogP contribution is -2.27. The van der Waals surface area contributed by atoms with Crippen LogP contribution in [0.1, 0.15) is 32.3 Å². The molecule has 0 amide bonds. The fourth-order valence-corrected chi connectivity index (χ4v) is 2.47. The fraction of sp³-hybridized carbons (Fsp3) is 0.500. The fourth-order valence-electron chi connectivity index (χ4n) is 2.10. The van der Waals surface area contributed by atoms with Crippen LogP contribution in [-0.2, 0) is 0 Å². The van der Waals surface area contributed by atoms with Gasteiger partial charge in [0.2, 0.25) is 0 Å². The van der Waals surface area contributed by atoms with Gasteiger partial charge in [-0.25, -0.2) is 0 Å². The average molecular weight is 311 g/mol. The predicted molar refractivity (Wildman–Crippen MR) is 79.2 cm³/mol. The topological polar surface area (TPSA) is 44.6 Å². The van der Waals surface area contributed by atoms with Crippen LogP contribution in [0, 0.1) is 5.92 Å². The Labute approximate surface area is 116 Å². The molecule has 1 aliphatic heterocycles. The molecule has 2 rings (SSSR count). The van der Waals surface area contributed by atoms with E-state index in [0.29, 0.717) is 5.92 Å². The van der Waals surface area contributed by atoms with Gasteiger partial charge >= 0.3 is 0 Å². The zero-order valence-corrected chi connectivity index (χ0v) is 12.4. The quantitative estimate of drug-likeness (QED) is 0.895. The van der Waals surface area contributed by atoms with Crippen molar-refractivity contribution in [3.05, 3.63) is 28.2 Å². The summed E-state index contributed by atoms with van der Waals surface area (Å²) in [5.74, 6) is 0.672. The first-order valence-electron chi connectivity index (χ1n) is 6.34. The second-order valence-corrected chi connectivity index (χ2v) is 5.97. The molecule has 0 radical (unpaired) electrons. The van der Waals surface area contributed by atoms with E-state index >= 15 is 0 Å². The van der Waals surface area contributed by atoms with Crippen molar-refractivity contribution in [2.45, 2.75) is 32.9 Å². The Morgan fingerprint density at radius 1 is 1.44 bits per heavy atom. The van der Waals surface area contributed by atoms with Crippen molar-refractivity contribution in [3.8, 4) is 0 Å². The van der Waals surface area contributed by atoms with Gasteiger partial charge < -0.3 is 10.4 Å². The SMILES string of the molecule is CC(C)CCC1N=C(CO)c2cc(Br)ccc2N1. The van der Waals surface area contributed by atoms with E-state index in [1.165, 1.54) is 0 Å². The van der Waals surface area contributed by atoms with E-state index in [1.807, 2.05) is 18.2 Å². The number of halogens is 1. The highest BCUT2D eigenvalue weighted by Crippen LogP contribution is 2.27. The van der Waals surface area contributed by atoms with Gasteiger partial charge in [0.15, 0.2) is 0 Å². The van der Waals surface area contributed by atoms with E-state index in [0.717, 1.165) is 34.3 Å². The maximum atomic E-state index is 9.45. The number of benzene rings is 1. The molecular formula is C14H19BrN2O. The maximum absolute atomic E-state index is 9.45. The third-order valence-corrected chi connectivity index (χ3v) is 3.59. The molecule has 0 aliphatic carbocycles. The molecule has 0 spiro atoms. The minimum Gasteiger partial charge on any atom is -0.390 e. The van der Waals surface area contributed by atoms with Gasteiger partial charge in [0.05, 0.1) is 12.3 Å². The van der Waals surface area contributed by atoms with Crippen molar-refractivity contribution < 1.29 is 5.11 Å². The number of rotatable bonds is 4. The van der Waals surface area contributed by atoms with Crippen LogP contribution in [-0.4, -0.2) is 23.6 Å². The Morgan fingerprint density at radius 2 is 2.22 bits per heavy atom. The molecular weight excluding hydrogens is 292 g/mol. The smallest absolute Gasteiger partial charge is 0.119 e. The second kappa shape index (κ2) is 5.85. The molecule has 2 N–H and O–H groups in total. The zero-order chi connectivity index (χ0) is 13.1. The molecule has 0 bridgehead atoms. The van der Waals surface area contributed by atoms with Crippen molar-refractivity contribution in [2.24, 2.45) is 10.9 Å². The highest BCUT2D eigenvalue weighted by molar-refractivity contribution is 9.10. The van der Waals surface area contributed by atoms with Gasteiger partial charge in [-0.2, -0.15) is 0 Å². The van der Waals surface area contributed by atoms with Crippen LogP contribution in [0.15, 0.2) is 27.7 Å². The largest absolute Gasteiger partial charge is 0.390 e. The number of aliphatic imine (C=N–C) groups is 1. The predicted octanol–water partition coefficient (Wildman–Crippen LogP) is 3.42. The van der Waals surface area contributed by atoms with Crippen LogP contribution in [0.5, 0.6) is 0 Å². The van der Waals surface area contributed by atoms with Crippen LogP contribution in [0.25, 0.3) is 0 Å². The summed E-state index contributed by atoms with van der Waals surface area (Å²) in [7, 11) is 0. The first kappa shape index (κ1) is 13.6. The van der Waals surface area contributed by atoms with Crippen LogP contribution in [0.3, 0.4) is 0 Å². The molecule has 3 nitrogen and oxygen atoms in total. The molecule has 18 heavy (non-hydrogen) atoms. The van der Waals surface area contributed by atoms with Crippen LogP contribution in [0.2, 0.25) is 0 Å². The first-order valence-corrected chi connectivity index (χ1v) is 7.13. The van der Waals surface area contributed by atoms with Crippen LogP contribution in [0.4, 0.5) is 5.69 Å². The third kappa shape index (κ3) is 3.12. The normalized spacial score (nSPS) is 18.3. The molecule has 1 atom stereocenters. The van der Waals surface area contributed by atoms with Gasteiger partial charge in [-0.3, -0.25) is 4.99 Å². The Morgan fingerprint density at radius 3 is 2.89 bits per heavy atom. The minimum absolute atomic E-state index is 0.0106. The van der Waals surface area contributed by atoms with Gasteiger partial charge in [-0.05, 0) is 37.0 Å². The summed E-state index contributed by atoms with van der Waals surface area (Å²) in [6, 6.07) is 6.04. The van der Waals surface area contributed by atoms with E-state index in [-0.39, 0.29) is 12.8 Å². The van der Waals surface area contributed by atoms with Gasteiger partial charge in [-0.1, -0.05) is 29.8 Å². The van der Waals surface area contributed by atoms with Crippen molar-refractivity contribution >= 4 is 27.3 Å². The summed E-state index contributed by atoms with van der Waals surface area (Å²) in [6.07, 6.45) is 2.21. The summed E-state index contributed by atoms with van der Waals surface area (Å²) in [4.78, 5) is 4.59. The molecule has 98 valence electrons. The number of aliphatic hydroxyl groups is 1. The Balaban J connectivity index is 2.20. The number of hydrogen-bond acceptors (Lipinski definition) is 3. The van der Waals surface area contributed by atoms with Crippen molar-refractivity contribution in [2.75, 3.05) is 11.9 Å². The standard InChI is InChI=1S/C14H19BrN2O/c1-9(2)3-6-14-16-12-5-4-10(15)7-11(12)13(8-18)17-14/h4-5,7,9,14,16,18H,3,6,8H2,1-2H3. The highest BCUT2D eigenvalue weighted by atomic mass is 79.9. The number of nitrogens with one attached hydrogen (secondary N) is 1. The first-order chi connectivity index (χ1) is 8.60. The van der Waals surface area contributed by atoms with E-state index < -0.39 is 0 Å².